The summed E-state index contributed by atoms with van der Waals surface area (Å²) in [7, 11) is 1.63. The highest BCUT2D eigenvalue weighted by Gasteiger charge is 2.16. The van der Waals surface area contributed by atoms with Gasteiger partial charge in [0.05, 0.1) is 18.4 Å². The van der Waals surface area contributed by atoms with E-state index in [1.54, 1.807) is 18.9 Å². The van der Waals surface area contributed by atoms with Crippen LogP contribution in [0.3, 0.4) is 0 Å². The number of methoxy groups -OCH3 is 1. The lowest BCUT2D eigenvalue weighted by molar-refractivity contribution is -0.121. The van der Waals surface area contributed by atoms with Gasteiger partial charge in [-0.15, -0.1) is 11.8 Å². The molecule has 0 heterocycles. The Morgan fingerprint density at radius 1 is 1.04 bits per heavy atom. The van der Waals surface area contributed by atoms with Crippen LogP contribution in [0, 0.1) is 6.92 Å². The van der Waals surface area contributed by atoms with Crippen molar-refractivity contribution in [1.29, 1.82) is 0 Å². The number of rotatable bonds is 8. The molecule has 5 heteroatoms. The largest absolute Gasteiger partial charge is 0.497 e. The van der Waals surface area contributed by atoms with Crippen LogP contribution in [0.1, 0.15) is 19.4 Å². The normalized spacial score (nSPS) is 13.0. The number of hydrogen-bond acceptors (Lipinski definition) is 4. The van der Waals surface area contributed by atoms with Crippen molar-refractivity contribution in [2.45, 2.75) is 37.0 Å². The number of aryl methyl sites for hydroxylation is 1. The van der Waals surface area contributed by atoms with Gasteiger partial charge >= 0.3 is 0 Å². The van der Waals surface area contributed by atoms with Crippen LogP contribution in [0.5, 0.6) is 11.5 Å². The van der Waals surface area contributed by atoms with Crippen molar-refractivity contribution < 1.29 is 14.3 Å². The quantitative estimate of drug-likeness (QED) is 0.722. The van der Waals surface area contributed by atoms with Gasteiger partial charge in [-0.3, -0.25) is 4.79 Å². The minimum Gasteiger partial charge on any atom is -0.497 e. The molecule has 1 N–H and O–H groups in total. The van der Waals surface area contributed by atoms with E-state index in [-0.39, 0.29) is 17.2 Å². The van der Waals surface area contributed by atoms with E-state index in [0.29, 0.717) is 6.61 Å². The van der Waals surface area contributed by atoms with Crippen molar-refractivity contribution >= 4 is 17.7 Å². The van der Waals surface area contributed by atoms with Gasteiger partial charge in [0.2, 0.25) is 5.91 Å². The number of hydrogen-bond donors (Lipinski definition) is 1. The van der Waals surface area contributed by atoms with Crippen molar-refractivity contribution in [3.8, 4) is 11.5 Å². The van der Waals surface area contributed by atoms with Gasteiger partial charge in [-0.05, 0) is 57.2 Å². The molecule has 0 saturated carbocycles. The summed E-state index contributed by atoms with van der Waals surface area (Å²) in [4.78, 5) is 13.4. The molecule has 1 amide bonds. The molecule has 2 rings (SSSR count). The van der Waals surface area contributed by atoms with Gasteiger partial charge in [0.25, 0.3) is 0 Å². The van der Waals surface area contributed by atoms with E-state index >= 15 is 0 Å². The maximum absolute atomic E-state index is 12.3. The molecule has 0 unspecified atom stereocenters. The number of thioether (sulfide) groups is 1. The van der Waals surface area contributed by atoms with Crippen molar-refractivity contribution in [3.63, 3.8) is 0 Å². The van der Waals surface area contributed by atoms with Gasteiger partial charge < -0.3 is 14.8 Å². The third kappa shape index (κ3) is 6.35. The summed E-state index contributed by atoms with van der Waals surface area (Å²) in [6.45, 7) is 6.32. The average Bonchev–Trinajstić information content (AvgIpc) is 2.62. The molecule has 0 aliphatic carbocycles. The number of benzene rings is 2. The minimum absolute atomic E-state index is 0.0106. The lowest BCUT2D eigenvalue weighted by atomic mass is 10.2. The first-order valence-electron chi connectivity index (χ1n) is 8.28. The first kappa shape index (κ1) is 19.2. The standard InChI is InChI=1S/C20H25NO3S/c1-14-5-11-19(12-6-14)25-16(3)20(22)21-15(2)13-24-18-9-7-17(23-4)8-10-18/h5-12,15-16H,13H2,1-4H3,(H,21,22)/t15-,16+/m0/s1. The highest BCUT2D eigenvalue weighted by molar-refractivity contribution is 8.00. The molecule has 2 atom stereocenters. The summed E-state index contributed by atoms with van der Waals surface area (Å²) < 4.78 is 10.8. The summed E-state index contributed by atoms with van der Waals surface area (Å²) in [6, 6.07) is 15.5. The van der Waals surface area contributed by atoms with E-state index in [4.69, 9.17) is 9.47 Å². The second kappa shape index (κ2) is 9.37. The fourth-order valence-electron chi connectivity index (χ4n) is 2.17. The molecule has 0 aliphatic heterocycles. The monoisotopic (exact) mass is 359 g/mol. The molecule has 0 aromatic heterocycles. The zero-order chi connectivity index (χ0) is 18.2. The van der Waals surface area contributed by atoms with Crippen LogP contribution >= 0.6 is 11.8 Å². The Hall–Kier alpha value is -2.14. The molecular formula is C20H25NO3S. The van der Waals surface area contributed by atoms with Gasteiger partial charge in [0.1, 0.15) is 18.1 Å². The lowest BCUT2D eigenvalue weighted by Gasteiger charge is -2.18. The number of amides is 1. The molecule has 25 heavy (non-hydrogen) atoms. The summed E-state index contributed by atoms with van der Waals surface area (Å²) in [5, 5.41) is 2.83. The molecule has 2 aromatic carbocycles. The molecule has 2 aromatic rings. The maximum atomic E-state index is 12.3. The van der Waals surface area contributed by atoms with E-state index in [1.165, 1.54) is 5.56 Å². The Bertz CT molecular complexity index is 670. The Kier molecular flexibility index (Phi) is 7.19. The topological polar surface area (TPSA) is 47.6 Å². The van der Waals surface area contributed by atoms with Gasteiger partial charge in [-0.2, -0.15) is 0 Å². The second-order valence-electron chi connectivity index (χ2n) is 5.97. The fourth-order valence-corrected chi connectivity index (χ4v) is 3.05. The van der Waals surface area contributed by atoms with Gasteiger partial charge in [-0.1, -0.05) is 17.7 Å². The van der Waals surface area contributed by atoms with E-state index in [1.807, 2.05) is 50.2 Å². The lowest BCUT2D eigenvalue weighted by Crippen LogP contribution is -2.40. The SMILES string of the molecule is COc1ccc(OC[C@H](C)NC(=O)[C@@H](C)Sc2ccc(C)cc2)cc1. The molecule has 0 aliphatic rings. The van der Waals surface area contributed by atoms with Crippen LogP contribution in [0.15, 0.2) is 53.4 Å². The van der Waals surface area contributed by atoms with Crippen molar-refractivity contribution in [2.75, 3.05) is 13.7 Å². The molecule has 0 spiro atoms. The van der Waals surface area contributed by atoms with E-state index in [9.17, 15) is 4.79 Å². The third-order valence-electron chi connectivity index (χ3n) is 3.65. The number of nitrogens with one attached hydrogen (secondary N) is 1. The first-order chi connectivity index (χ1) is 12.0. The van der Waals surface area contributed by atoms with E-state index in [0.717, 1.165) is 16.4 Å². The summed E-state index contributed by atoms with van der Waals surface area (Å²) in [5.74, 6) is 1.55. The Morgan fingerprint density at radius 2 is 1.64 bits per heavy atom. The van der Waals surface area contributed by atoms with Gasteiger partial charge in [-0.25, -0.2) is 0 Å². The molecule has 0 fully saturated rings. The smallest absolute Gasteiger partial charge is 0.233 e. The number of carbonyl (C=O) groups excluding carboxylic acids is 1. The van der Waals surface area contributed by atoms with Crippen LogP contribution in [0.4, 0.5) is 0 Å². The fraction of sp³-hybridized carbons (Fsp3) is 0.350. The second-order valence-corrected chi connectivity index (χ2v) is 7.38. The van der Waals surface area contributed by atoms with Crippen molar-refractivity contribution in [3.05, 3.63) is 54.1 Å². The first-order valence-corrected chi connectivity index (χ1v) is 9.16. The van der Waals surface area contributed by atoms with Crippen LogP contribution in [0.25, 0.3) is 0 Å². The molecule has 0 saturated heterocycles. The minimum atomic E-state index is -0.161. The molecular weight excluding hydrogens is 334 g/mol. The Labute approximate surface area is 153 Å². The van der Waals surface area contributed by atoms with Crippen LogP contribution in [0.2, 0.25) is 0 Å². The van der Waals surface area contributed by atoms with Crippen LogP contribution in [-0.2, 0) is 4.79 Å². The number of ether oxygens (including phenoxy) is 2. The van der Waals surface area contributed by atoms with Crippen LogP contribution < -0.4 is 14.8 Å². The van der Waals surface area contributed by atoms with Gasteiger partial charge in [0, 0.05) is 4.90 Å². The highest BCUT2D eigenvalue weighted by atomic mass is 32.2. The molecule has 134 valence electrons. The van der Waals surface area contributed by atoms with Gasteiger partial charge in [0.15, 0.2) is 0 Å². The summed E-state index contributed by atoms with van der Waals surface area (Å²) >= 11 is 1.55. The summed E-state index contributed by atoms with van der Waals surface area (Å²) in [6.07, 6.45) is 0. The Morgan fingerprint density at radius 3 is 2.24 bits per heavy atom. The number of carbonyl (C=O) groups is 1. The zero-order valence-electron chi connectivity index (χ0n) is 15.1. The Balaban J connectivity index is 1.77. The molecule has 0 bridgehead atoms. The maximum Gasteiger partial charge on any atom is 0.233 e. The molecule has 4 nitrogen and oxygen atoms in total. The average molecular weight is 359 g/mol. The molecule has 0 radical (unpaired) electrons. The van der Waals surface area contributed by atoms with Crippen molar-refractivity contribution in [1.82, 2.24) is 5.32 Å². The highest BCUT2D eigenvalue weighted by Crippen LogP contribution is 2.23. The van der Waals surface area contributed by atoms with Crippen LogP contribution in [-0.4, -0.2) is 30.9 Å². The van der Waals surface area contributed by atoms with E-state index in [2.05, 4.69) is 24.4 Å². The summed E-state index contributed by atoms with van der Waals surface area (Å²) in [5.41, 5.74) is 1.21. The predicted molar refractivity (Wildman–Crippen MR) is 103 cm³/mol. The predicted octanol–water partition coefficient (Wildman–Crippen LogP) is 4.07. The van der Waals surface area contributed by atoms with Crippen molar-refractivity contribution in [2.24, 2.45) is 0 Å². The zero-order valence-corrected chi connectivity index (χ0v) is 15.9. The van der Waals surface area contributed by atoms with E-state index < -0.39 is 0 Å². The third-order valence-corrected chi connectivity index (χ3v) is 4.76.